The molecule has 2 aromatic heterocycles. The summed E-state index contributed by atoms with van der Waals surface area (Å²) in [5.41, 5.74) is 3.37. The number of unbranched alkanes of at least 4 members (excludes halogenated alkanes) is 1. The van der Waals surface area contributed by atoms with Crippen molar-refractivity contribution in [1.82, 2.24) is 20.0 Å². The van der Waals surface area contributed by atoms with E-state index in [1.54, 1.807) is 18.3 Å². The number of benzene rings is 2. The molecule has 12 heteroatoms. The van der Waals surface area contributed by atoms with E-state index in [0.29, 0.717) is 22.9 Å². The summed E-state index contributed by atoms with van der Waals surface area (Å²) in [6.45, 7) is 3.90. The molecule has 2 aromatic carbocycles. The molecule has 0 saturated carbocycles. The van der Waals surface area contributed by atoms with E-state index in [2.05, 4.69) is 19.9 Å². The number of halogens is 3. The first kappa shape index (κ1) is 29.0. The molecule has 0 amide bonds. The van der Waals surface area contributed by atoms with Crippen LogP contribution in [0.15, 0.2) is 65.4 Å². The second kappa shape index (κ2) is 12.9. The minimum atomic E-state index is -4.72. The maximum atomic E-state index is 12.3. The van der Waals surface area contributed by atoms with Gasteiger partial charge >= 0.3 is 14.8 Å². The molecule has 0 saturated heterocycles. The van der Waals surface area contributed by atoms with E-state index in [4.69, 9.17) is 9.15 Å². The summed E-state index contributed by atoms with van der Waals surface area (Å²) in [7, 11) is -0.518. The Bertz CT molecular complexity index is 1410. The Hall–Kier alpha value is -3.98. The molecule has 0 spiro atoms. The van der Waals surface area contributed by atoms with Gasteiger partial charge < -0.3 is 13.9 Å². The van der Waals surface area contributed by atoms with Crippen molar-refractivity contribution in [2.45, 2.75) is 57.8 Å². The highest BCUT2D eigenvalue weighted by Gasteiger charge is 2.31. The van der Waals surface area contributed by atoms with Crippen LogP contribution in [0.1, 0.15) is 55.1 Å². The SMILES string of the molecule is CC(C)([PH+]=O)n1ncc(CCCCc2ccc(OCc3coc(C=Cc4ccc(OC(F)(F)F)cc4)n3)cc2)n1. The molecule has 0 N–H and O–H groups in total. The third-order valence-electron chi connectivity index (χ3n) is 5.85. The average molecular weight is 574 g/mol. The Morgan fingerprint density at radius 3 is 2.35 bits per heavy atom. The summed E-state index contributed by atoms with van der Waals surface area (Å²) in [5.74, 6) is 0.776. The molecule has 2 heterocycles. The lowest BCUT2D eigenvalue weighted by Gasteiger charge is -2.08. The lowest BCUT2D eigenvalue weighted by atomic mass is 10.1. The van der Waals surface area contributed by atoms with E-state index in [-0.39, 0.29) is 12.4 Å². The van der Waals surface area contributed by atoms with Crippen LogP contribution in [0.4, 0.5) is 13.2 Å². The number of nitrogens with zero attached hydrogens (tertiary/aromatic N) is 4. The number of aryl methyl sites for hydroxylation is 2. The van der Waals surface area contributed by atoms with E-state index in [1.165, 1.54) is 40.9 Å². The Kier molecular flexibility index (Phi) is 9.37. The smallest absolute Gasteiger partial charge is 0.487 e. The van der Waals surface area contributed by atoms with Gasteiger partial charge in [-0.2, -0.15) is 10.2 Å². The number of hydrogen-bond donors (Lipinski definition) is 0. The van der Waals surface area contributed by atoms with Crippen LogP contribution in [0, 0.1) is 0 Å². The lowest BCUT2D eigenvalue weighted by Crippen LogP contribution is -2.22. The van der Waals surface area contributed by atoms with Crippen molar-refractivity contribution in [3.05, 3.63) is 89.4 Å². The summed E-state index contributed by atoms with van der Waals surface area (Å²) < 4.78 is 63.2. The second-order valence-corrected chi connectivity index (χ2v) is 11.0. The van der Waals surface area contributed by atoms with Gasteiger partial charge in [-0.3, -0.25) is 0 Å². The summed E-state index contributed by atoms with van der Waals surface area (Å²) in [6.07, 6.45) is 5.52. The highest BCUT2D eigenvalue weighted by atomic mass is 31.1. The highest BCUT2D eigenvalue weighted by Crippen LogP contribution is 2.26. The average Bonchev–Trinajstić information content (AvgIpc) is 3.60. The minimum absolute atomic E-state index is 0.227. The van der Waals surface area contributed by atoms with Gasteiger partial charge in [0.05, 0.1) is 11.9 Å². The number of hydrogen-bond acceptors (Lipinski definition) is 7. The van der Waals surface area contributed by atoms with Gasteiger partial charge in [0.2, 0.25) is 5.89 Å². The Morgan fingerprint density at radius 2 is 1.65 bits per heavy atom. The third kappa shape index (κ3) is 8.77. The van der Waals surface area contributed by atoms with Gasteiger partial charge in [0.15, 0.2) is 0 Å². The van der Waals surface area contributed by atoms with Crippen molar-refractivity contribution in [3.63, 3.8) is 0 Å². The molecule has 0 aliphatic heterocycles. The van der Waals surface area contributed by atoms with Crippen molar-refractivity contribution in [2.75, 3.05) is 0 Å². The molecule has 210 valence electrons. The maximum Gasteiger partial charge on any atom is 0.573 e. The standard InChI is InChI=1S/C28H28F3N4O4P/c1-27(2,40-36)35-32-17-22(34-35)6-4-3-5-20-7-12-24(13-8-20)37-18-23-19-38-26(33-23)16-11-21-9-14-25(15-10-21)39-28(29,30)31/h7-17,19H,3-6,18H2,1-2H3/p+1. The monoisotopic (exact) mass is 573 g/mol. The first-order valence-electron chi connectivity index (χ1n) is 12.6. The van der Waals surface area contributed by atoms with E-state index in [9.17, 15) is 17.7 Å². The Morgan fingerprint density at radius 1 is 0.950 bits per heavy atom. The van der Waals surface area contributed by atoms with Crippen LogP contribution in [-0.4, -0.2) is 26.3 Å². The zero-order valence-corrected chi connectivity index (χ0v) is 23.0. The Balaban J connectivity index is 1.18. The third-order valence-corrected chi connectivity index (χ3v) is 6.55. The summed E-state index contributed by atoms with van der Waals surface area (Å²) >= 11 is 0. The first-order valence-corrected chi connectivity index (χ1v) is 13.5. The van der Waals surface area contributed by atoms with Crippen LogP contribution in [0.5, 0.6) is 11.5 Å². The largest absolute Gasteiger partial charge is 0.573 e. The van der Waals surface area contributed by atoms with Crippen molar-refractivity contribution in [1.29, 1.82) is 0 Å². The Labute approximate surface area is 231 Å². The molecule has 0 radical (unpaired) electrons. The molecule has 0 bridgehead atoms. The maximum absolute atomic E-state index is 12.3. The molecule has 4 rings (SSSR count). The number of oxazole rings is 1. The van der Waals surface area contributed by atoms with E-state index in [0.717, 1.165) is 31.4 Å². The van der Waals surface area contributed by atoms with E-state index >= 15 is 0 Å². The van der Waals surface area contributed by atoms with Crippen LogP contribution in [0.2, 0.25) is 0 Å². The van der Waals surface area contributed by atoms with Crippen molar-refractivity contribution < 1.29 is 31.6 Å². The zero-order valence-electron chi connectivity index (χ0n) is 22.0. The number of ether oxygens (including phenoxy) is 2. The number of aromatic nitrogens is 4. The lowest BCUT2D eigenvalue weighted by molar-refractivity contribution is -0.274. The first-order chi connectivity index (χ1) is 19.1. The minimum Gasteiger partial charge on any atom is -0.487 e. The normalized spacial score (nSPS) is 12.3. The zero-order chi connectivity index (χ0) is 28.6. The van der Waals surface area contributed by atoms with Gasteiger partial charge in [0.25, 0.3) is 5.28 Å². The van der Waals surface area contributed by atoms with Crippen molar-refractivity contribution in [2.24, 2.45) is 0 Å². The van der Waals surface area contributed by atoms with Crippen LogP contribution in [0.3, 0.4) is 0 Å². The second-order valence-electron chi connectivity index (χ2n) is 9.55. The summed E-state index contributed by atoms with van der Waals surface area (Å²) in [4.78, 5) is 5.86. The van der Waals surface area contributed by atoms with Gasteiger partial charge in [0, 0.05) is 19.9 Å². The fourth-order valence-electron chi connectivity index (χ4n) is 3.68. The van der Waals surface area contributed by atoms with Gasteiger partial charge in [-0.05, 0) is 67.2 Å². The molecule has 0 aliphatic rings. The molecule has 1 unspecified atom stereocenters. The van der Waals surface area contributed by atoms with E-state index < -0.39 is 20.1 Å². The molecular formula is C28H29F3N4O4P+. The van der Waals surface area contributed by atoms with Crippen LogP contribution in [-0.2, 0) is 29.3 Å². The van der Waals surface area contributed by atoms with Gasteiger partial charge in [-0.25, -0.2) is 4.98 Å². The summed E-state index contributed by atoms with van der Waals surface area (Å²) in [6, 6.07) is 13.4. The fourth-order valence-corrected chi connectivity index (χ4v) is 3.87. The molecular weight excluding hydrogens is 544 g/mol. The fraction of sp³-hybridized carbons (Fsp3) is 0.321. The molecule has 0 fully saturated rings. The van der Waals surface area contributed by atoms with Crippen LogP contribution >= 0.6 is 8.46 Å². The molecule has 40 heavy (non-hydrogen) atoms. The molecule has 4 aromatic rings. The van der Waals surface area contributed by atoms with Crippen molar-refractivity contribution in [3.8, 4) is 11.5 Å². The highest BCUT2D eigenvalue weighted by molar-refractivity contribution is 7.24. The predicted molar refractivity (Wildman–Crippen MR) is 144 cm³/mol. The topological polar surface area (TPSA) is 92.3 Å². The van der Waals surface area contributed by atoms with Gasteiger partial charge in [-0.1, -0.05) is 28.8 Å². The van der Waals surface area contributed by atoms with Gasteiger partial charge in [-0.15, -0.1) is 18.0 Å². The number of alkyl halides is 3. The van der Waals surface area contributed by atoms with E-state index in [1.807, 2.05) is 38.1 Å². The van der Waals surface area contributed by atoms with Crippen LogP contribution in [0.25, 0.3) is 12.2 Å². The van der Waals surface area contributed by atoms with Crippen molar-refractivity contribution >= 4 is 20.6 Å². The summed E-state index contributed by atoms with van der Waals surface area (Å²) in [5, 5.41) is 8.08. The predicted octanol–water partition coefficient (Wildman–Crippen LogP) is 7.20. The quantitative estimate of drug-likeness (QED) is 0.123. The number of rotatable bonds is 13. The molecule has 8 nitrogen and oxygen atoms in total. The van der Waals surface area contributed by atoms with Crippen LogP contribution < -0.4 is 9.47 Å². The molecule has 1 atom stereocenters. The molecule has 0 aliphatic carbocycles. The van der Waals surface area contributed by atoms with Gasteiger partial charge in [0.1, 0.15) is 30.1 Å².